The molecule has 0 spiro atoms. The smallest absolute Gasteiger partial charge is 0.217 e. The van der Waals surface area contributed by atoms with Crippen molar-refractivity contribution in [3.63, 3.8) is 0 Å². The zero-order valence-electron chi connectivity index (χ0n) is 13.6. The Bertz CT molecular complexity index is 541. The molecule has 23 heavy (non-hydrogen) atoms. The van der Waals surface area contributed by atoms with E-state index in [9.17, 15) is 0 Å². The number of hydrogen-bond acceptors (Lipinski definition) is 6. The first-order chi connectivity index (χ1) is 11.3. The van der Waals surface area contributed by atoms with Gasteiger partial charge in [-0.3, -0.25) is 0 Å². The Morgan fingerprint density at radius 3 is 2.91 bits per heavy atom. The molecule has 2 aliphatic rings. The third-order valence-electron chi connectivity index (χ3n) is 4.18. The minimum absolute atomic E-state index is 0.493. The van der Waals surface area contributed by atoms with E-state index < -0.39 is 0 Å². The average molecular weight is 318 g/mol. The zero-order chi connectivity index (χ0) is 15.9. The summed E-state index contributed by atoms with van der Waals surface area (Å²) in [6.07, 6.45) is 7.21. The van der Waals surface area contributed by atoms with Crippen LogP contribution >= 0.6 is 0 Å². The van der Waals surface area contributed by atoms with Crippen LogP contribution in [0.4, 0.5) is 11.5 Å². The number of nitrogen functional groups attached to an aromatic ring is 1. The number of rotatable bonds is 6. The molecule has 6 nitrogen and oxygen atoms in total. The standard InChI is InChI=1S/C17H26N4O2/c18-16-12-15(21-7-10-22-11-8-21)13-17(20-16)23-9-6-19-14-4-2-1-3-5-14/h4,12-13,19H,1-3,5-11H2,(H2,18,20). The molecule has 3 N–H and O–H groups in total. The highest BCUT2D eigenvalue weighted by Crippen LogP contribution is 2.23. The fourth-order valence-electron chi connectivity index (χ4n) is 2.96. The lowest BCUT2D eigenvalue weighted by Crippen LogP contribution is -2.36. The average Bonchev–Trinajstić information content (AvgIpc) is 2.60. The highest BCUT2D eigenvalue weighted by atomic mass is 16.5. The molecule has 1 aromatic heterocycles. The second-order valence-corrected chi connectivity index (χ2v) is 5.94. The van der Waals surface area contributed by atoms with Crippen molar-refractivity contribution in [2.45, 2.75) is 25.7 Å². The summed E-state index contributed by atoms with van der Waals surface area (Å²) in [5.74, 6) is 1.08. The van der Waals surface area contributed by atoms with E-state index >= 15 is 0 Å². The van der Waals surface area contributed by atoms with Crippen molar-refractivity contribution in [3.05, 3.63) is 23.9 Å². The van der Waals surface area contributed by atoms with Gasteiger partial charge in [0.1, 0.15) is 12.4 Å². The SMILES string of the molecule is Nc1cc(N2CCOCC2)cc(OCCNC2=CCCCC2)n1. The topological polar surface area (TPSA) is 72.6 Å². The molecule has 1 saturated heterocycles. The summed E-state index contributed by atoms with van der Waals surface area (Å²) >= 11 is 0. The van der Waals surface area contributed by atoms with Gasteiger partial charge in [0.2, 0.25) is 5.88 Å². The Balaban J connectivity index is 1.50. The van der Waals surface area contributed by atoms with Crippen LogP contribution < -0.4 is 20.7 Å². The van der Waals surface area contributed by atoms with Crippen LogP contribution in [0.15, 0.2) is 23.9 Å². The summed E-state index contributed by atoms with van der Waals surface area (Å²) in [7, 11) is 0. The molecule has 2 heterocycles. The molecule has 3 rings (SSSR count). The molecule has 1 aromatic rings. The lowest BCUT2D eigenvalue weighted by Gasteiger charge is -2.29. The van der Waals surface area contributed by atoms with E-state index in [0.29, 0.717) is 18.3 Å². The summed E-state index contributed by atoms with van der Waals surface area (Å²) < 4.78 is 11.2. The molecule has 0 amide bonds. The highest BCUT2D eigenvalue weighted by Gasteiger charge is 2.13. The maximum Gasteiger partial charge on any atom is 0.217 e. The number of nitrogens with zero attached hydrogens (tertiary/aromatic N) is 2. The number of nitrogens with one attached hydrogen (secondary N) is 1. The molecule has 1 aliphatic carbocycles. The van der Waals surface area contributed by atoms with E-state index in [4.69, 9.17) is 15.2 Å². The van der Waals surface area contributed by atoms with Crippen molar-refractivity contribution in [3.8, 4) is 5.88 Å². The number of allylic oxidation sites excluding steroid dienone is 2. The van der Waals surface area contributed by atoms with E-state index in [0.717, 1.165) is 45.0 Å². The van der Waals surface area contributed by atoms with Crippen molar-refractivity contribution < 1.29 is 9.47 Å². The molecule has 0 radical (unpaired) electrons. The van der Waals surface area contributed by atoms with Gasteiger partial charge in [0.05, 0.1) is 13.2 Å². The molecule has 0 saturated carbocycles. The number of morpholine rings is 1. The van der Waals surface area contributed by atoms with Crippen LogP contribution in [0.5, 0.6) is 5.88 Å². The van der Waals surface area contributed by atoms with E-state index in [1.807, 2.05) is 12.1 Å². The Kier molecular flexibility index (Phi) is 5.58. The second-order valence-electron chi connectivity index (χ2n) is 5.94. The number of pyridine rings is 1. The lowest BCUT2D eigenvalue weighted by atomic mass is 10.1. The van der Waals surface area contributed by atoms with Gasteiger partial charge in [0.25, 0.3) is 0 Å². The molecule has 1 aliphatic heterocycles. The summed E-state index contributed by atoms with van der Waals surface area (Å²) in [6.45, 7) is 4.61. The van der Waals surface area contributed by atoms with E-state index in [1.165, 1.54) is 25.0 Å². The first-order valence-corrected chi connectivity index (χ1v) is 8.47. The molecule has 126 valence electrons. The van der Waals surface area contributed by atoms with Gasteiger partial charge in [-0.1, -0.05) is 6.08 Å². The van der Waals surface area contributed by atoms with Gasteiger partial charge in [-0.15, -0.1) is 0 Å². The predicted molar refractivity (Wildman–Crippen MR) is 91.7 cm³/mol. The molecular weight excluding hydrogens is 292 g/mol. The van der Waals surface area contributed by atoms with Crippen LogP contribution in [-0.4, -0.2) is 44.4 Å². The van der Waals surface area contributed by atoms with Gasteiger partial charge in [-0.05, 0) is 25.7 Å². The van der Waals surface area contributed by atoms with Crippen LogP contribution in [0.25, 0.3) is 0 Å². The highest BCUT2D eigenvalue weighted by molar-refractivity contribution is 5.55. The Labute approximate surface area is 137 Å². The monoisotopic (exact) mass is 318 g/mol. The van der Waals surface area contributed by atoms with Crippen molar-refractivity contribution >= 4 is 11.5 Å². The van der Waals surface area contributed by atoms with Crippen LogP contribution in [0.2, 0.25) is 0 Å². The molecular formula is C17H26N4O2. The van der Waals surface area contributed by atoms with Gasteiger partial charge in [-0.25, -0.2) is 0 Å². The summed E-state index contributed by atoms with van der Waals surface area (Å²) in [5, 5.41) is 3.43. The van der Waals surface area contributed by atoms with Gasteiger partial charge in [-0.2, -0.15) is 4.98 Å². The van der Waals surface area contributed by atoms with E-state index in [2.05, 4.69) is 21.3 Å². The first kappa shape index (κ1) is 15.9. The fourth-order valence-corrected chi connectivity index (χ4v) is 2.96. The maximum absolute atomic E-state index is 5.91. The number of ether oxygens (including phenoxy) is 2. The number of hydrogen-bond donors (Lipinski definition) is 2. The second kappa shape index (κ2) is 8.06. The number of nitrogens with two attached hydrogens (primary N) is 1. The van der Waals surface area contributed by atoms with Crippen LogP contribution in [0.3, 0.4) is 0 Å². The fraction of sp³-hybridized carbons (Fsp3) is 0.588. The Hall–Kier alpha value is -1.95. The van der Waals surface area contributed by atoms with E-state index in [1.54, 1.807) is 0 Å². The minimum atomic E-state index is 0.493. The van der Waals surface area contributed by atoms with Gasteiger partial charge in [0, 0.05) is 43.2 Å². The van der Waals surface area contributed by atoms with Crippen molar-refractivity contribution in [2.75, 3.05) is 50.1 Å². The van der Waals surface area contributed by atoms with Crippen LogP contribution in [0, 0.1) is 0 Å². The maximum atomic E-state index is 5.91. The lowest BCUT2D eigenvalue weighted by molar-refractivity contribution is 0.122. The summed E-state index contributed by atoms with van der Waals surface area (Å²) in [6, 6.07) is 3.85. The van der Waals surface area contributed by atoms with Gasteiger partial charge in [0.15, 0.2) is 0 Å². The summed E-state index contributed by atoms with van der Waals surface area (Å²) in [4.78, 5) is 6.52. The largest absolute Gasteiger partial charge is 0.476 e. The van der Waals surface area contributed by atoms with E-state index in [-0.39, 0.29) is 0 Å². The molecule has 0 aromatic carbocycles. The minimum Gasteiger partial charge on any atom is -0.476 e. The third-order valence-corrected chi connectivity index (χ3v) is 4.18. The normalized spacial score (nSPS) is 18.4. The molecule has 0 unspecified atom stereocenters. The van der Waals surface area contributed by atoms with Crippen LogP contribution in [0.1, 0.15) is 25.7 Å². The zero-order valence-corrected chi connectivity index (χ0v) is 13.6. The first-order valence-electron chi connectivity index (χ1n) is 8.47. The molecule has 1 fully saturated rings. The van der Waals surface area contributed by atoms with Gasteiger partial charge >= 0.3 is 0 Å². The Morgan fingerprint density at radius 2 is 2.13 bits per heavy atom. The number of aromatic nitrogens is 1. The molecule has 0 bridgehead atoms. The van der Waals surface area contributed by atoms with Crippen molar-refractivity contribution in [1.82, 2.24) is 10.3 Å². The van der Waals surface area contributed by atoms with Crippen molar-refractivity contribution in [2.24, 2.45) is 0 Å². The quantitative estimate of drug-likeness (QED) is 0.781. The van der Waals surface area contributed by atoms with Crippen LogP contribution in [-0.2, 0) is 4.74 Å². The predicted octanol–water partition coefficient (Wildman–Crippen LogP) is 1.93. The number of anilines is 2. The molecule has 0 atom stereocenters. The summed E-state index contributed by atoms with van der Waals surface area (Å²) in [5.41, 5.74) is 8.31. The Morgan fingerprint density at radius 1 is 1.26 bits per heavy atom. The van der Waals surface area contributed by atoms with Gasteiger partial charge < -0.3 is 25.4 Å². The molecule has 6 heteroatoms. The van der Waals surface area contributed by atoms with Crippen molar-refractivity contribution in [1.29, 1.82) is 0 Å². The third kappa shape index (κ3) is 4.76.